The van der Waals surface area contributed by atoms with Gasteiger partial charge in [0.15, 0.2) is 0 Å². The van der Waals surface area contributed by atoms with Crippen LogP contribution in [0.3, 0.4) is 0 Å². The Hall–Kier alpha value is -1.26. The van der Waals surface area contributed by atoms with Crippen LogP contribution in [0.4, 0.5) is 0 Å². The lowest BCUT2D eigenvalue weighted by molar-refractivity contribution is 0.417. The first kappa shape index (κ1) is 13.2. The lowest BCUT2D eigenvalue weighted by atomic mass is 9.90. The van der Waals surface area contributed by atoms with Gasteiger partial charge in [0.1, 0.15) is 0 Å². The second-order valence-electron chi connectivity index (χ2n) is 4.97. The van der Waals surface area contributed by atoms with Crippen LogP contribution in [0.1, 0.15) is 50.2 Å². The molecule has 96 valence electrons. The molecular formula is C17H23N. The molecule has 1 aliphatic rings. The number of aryl methyl sites for hydroxylation is 1. The topological polar surface area (TPSA) is 12.0 Å². The van der Waals surface area contributed by atoms with Crippen molar-refractivity contribution in [1.29, 1.82) is 0 Å². The maximum Gasteiger partial charge on any atom is 0.0145 e. The summed E-state index contributed by atoms with van der Waals surface area (Å²) in [5.41, 5.74) is 3.11. The lowest BCUT2D eigenvalue weighted by Gasteiger charge is -2.24. The first-order chi connectivity index (χ1) is 8.86. The van der Waals surface area contributed by atoms with Crippen molar-refractivity contribution in [3.05, 3.63) is 35.4 Å². The SMILES string of the molecule is CC#CCCC(NCC)C1CCc2ccccc21. The summed E-state index contributed by atoms with van der Waals surface area (Å²) in [5, 5.41) is 3.66. The zero-order valence-electron chi connectivity index (χ0n) is 11.5. The fourth-order valence-electron chi connectivity index (χ4n) is 3.07. The third-order valence-electron chi connectivity index (χ3n) is 3.89. The molecule has 2 rings (SSSR count). The fraction of sp³-hybridized carbons (Fsp3) is 0.529. The highest BCUT2D eigenvalue weighted by molar-refractivity contribution is 5.36. The molecule has 0 heterocycles. The Kier molecular flexibility index (Phi) is 4.84. The minimum atomic E-state index is 0.583. The Balaban J connectivity index is 2.09. The van der Waals surface area contributed by atoms with E-state index in [-0.39, 0.29) is 0 Å². The molecule has 1 N–H and O–H groups in total. The average molecular weight is 241 g/mol. The van der Waals surface area contributed by atoms with Gasteiger partial charge in [-0.2, -0.15) is 0 Å². The molecule has 0 aromatic heterocycles. The molecule has 2 unspecified atom stereocenters. The number of nitrogens with one attached hydrogen (secondary N) is 1. The van der Waals surface area contributed by atoms with Crippen molar-refractivity contribution in [2.24, 2.45) is 0 Å². The van der Waals surface area contributed by atoms with Crippen molar-refractivity contribution < 1.29 is 0 Å². The summed E-state index contributed by atoms with van der Waals surface area (Å²) in [6.45, 7) is 5.16. The fourth-order valence-corrected chi connectivity index (χ4v) is 3.07. The number of likely N-dealkylation sites (N-methyl/N-ethyl adjacent to an activating group) is 1. The molecule has 0 bridgehead atoms. The summed E-state index contributed by atoms with van der Waals surface area (Å²) in [5.74, 6) is 6.87. The number of fused-ring (bicyclic) bond motifs is 1. The molecule has 2 atom stereocenters. The molecular weight excluding hydrogens is 218 g/mol. The number of rotatable bonds is 5. The number of hydrogen-bond acceptors (Lipinski definition) is 1. The van der Waals surface area contributed by atoms with E-state index in [0.29, 0.717) is 12.0 Å². The van der Waals surface area contributed by atoms with Gasteiger partial charge in [0.05, 0.1) is 0 Å². The van der Waals surface area contributed by atoms with Gasteiger partial charge >= 0.3 is 0 Å². The third-order valence-corrected chi connectivity index (χ3v) is 3.89. The maximum absolute atomic E-state index is 3.66. The van der Waals surface area contributed by atoms with E-state index in [9.17, 15) is 0 Å². The second-order valence-corrected chi connectivity index (χ2v) is 4.97. The van der Waals surface area contributed by atoms with Gasteiger partial charge in [0.2, 0.25) is 0 Å². The molecule has 0 spiro atoms. The van der Waals surface area contributed by atoms with Gasteiger partial charge in [-0.15, -0.1) is 11.8 Å². The van der Waals surface area contributed by atoms with Crippen LogP contribution in [0, 0.1) is 11.8 Å². The molecule has 0 radical (unpaired) electrons. The van der Waals surface area contributed by atoms with Crippen LogP contribution in [-0.2, 0) is 6.42 Å². The number of hydrogen-bond donors (Lipinski definition) is 1. The van der Waals surface area contributed by atoms with E-state index in [4.69, 9.17) is 0 Å². The van der Waals surface area contributed by atoms with Crippen molar-refractivity contribution >= 4 is 0 Å². The lowest BCUT2D eigenvalue weighted by Crippen LogP contribution is -2.34. The minimum absolute atomic E-state index is 0.583. The molecule has 0 aliphatic heterocycles. The summed E-state index contributed by atoms with van der Waals surface area (Å²) in [6.07, 6.45) is 4.69. The highest BCUT2D eigenvalue weighted by Gasteiger charge is 2.28. The van der Waals surface area contributed by atoms with Crippen LogP contribution in [0.25, 0.3) is 0 Å². The number of benzene rings is 1. The highest BCUT2D eigenvalue weighted by Crippen LogP contribution is 2.36. The van der Waals surface area contributed by atoms with Crippen LogP contribution < -0.4 is 5.32 Å². The smallest absolute Gasteiger partial charge is 0.0145 e. The van der Waals surface area contributed by atoms with Crippen LogP contribution in [0.2, 0.25) is 0 Å². The molecule has 1 nitrogen and oxygen atoms in total. The quantitative estimate of drug-likeness (QED) is 0.778. The Morgan fingerprint density at radius 2 is 2.22 bits per heavy atom. The molecule has 18 heavy (non-hydrogen) atoms. The highest BCUT2D eigenvalue weighted by atomic mass is 14.9. The molecule has 0 saturated heterocycles. The summed E-state index contributed by atoms with van der Waals surface area (Å²) in [4.78, 5) is 0. The summed E-state index contributed by atoms with van der Waals surface area (Å²) in [7, 11) is 0. The van der Waals surface area contributed by atoms with E-state index < -0.39 is 0 Å². The molecule has 1 aromatic carbocycles. The molecule has 1 aromatic rings. The van der Waals surface area contributed by atoms with Crippen molar-refractivity contribution in [2.75, 3.05) is 6.54 Å². The first-order valence-electron chi connectivity index (χ1n) is 7.07. The Morgan fingerprint density at radius 1 is 1.39 bits per heavy atom. The Bertz CT molecular complexity index is 438. The van der Waals surface area contributed by atoms with E-state index in [1.165, 1.54) is 12.8 Å². The van der Waals surface area contributed by atoms with Crippen LogP contribution in [0.5, 0.6) is 0 Å². The largest absolute Gasteiger partial charge is 0.314 e. The third kappa shape index (κ3) is 2.94. The predicted molar refractivity (Wildman–Crippen MR) is 77.7 cm³/mol. The van der Waals surface area contributed by atoms with Crippen molar-refractivity contribution in [3.8, 4) is 11.8 Å². The molecule has 0 saturated carbocycles. The van der Waals surface area contributed by atoms with Gasteiger partial charge < -0.3 is 5.32 Å². The van der Waals surface area contributed by atoms with Gasteiger partial charge in [-0.1, -0.05) is 31.2 Å². The van der Waals surface area contributed by atoms with E-state index in [0.717, 1.165) is 19.4 Å². The van der Waals surface area contributed by atoms with E-state index >= 15 is 0 Å². The zero-order valence-corrected chi connectivity index (χ0v) is 11.5. The van der Waals surface area contributed by atoms with Crippen molar-refractivity contribution in [3.63, 3.8) is 0 Å². The first-order valence-corrected chi connectivity index (χ1v) is 7.07. The van der Waals surface area contributed by atoms with Crippen molar-refractivity contribution in [1.82, 2.24) is 5.32 Å². The van der Waals surface area contributed by atoms with Crippen LogP contribution in [-0.4, -0.2) is 12.6 Å². The van der Waals surface area contributed by atoms with E-state index in [1.54, 1.807) is 11.1 Å². The molecule has 0 fully saturated rings. The standard InChI is InChI=1S/C17H23N/c1-3-5-6-11-17(18-4-2)16-13-12-14-9-7-8-10-15(14)16/h7-10,16-18H,4,6,11-13H2,1-2H3. The Morgan fingerprint density at radius 3 is 3.00 bits per heavy atom. The predicted octanol–water partition coefficient (Wildman–Crippen LogP) is 3.50. The second kappa shape index (κ2) is 6.61. The molecule has 1 aliphatic carbocycles. The van der Waals surface area contributed by atoms with Gasteiger partial charge in [0.25, 0.3) is 0 Å². The van der Waals surface area contributed by atoms with E-state index in [2.05, 4.69) is 48.3 Å². The van der Waals surface area contributed by atoms with E-state index in [1.807, 2.05) is 6.92 Å². The van der Waals surface area contributed by atoms with Gasteiger partial charge in [-0.05, 0) is 49.8 Å². The summed E-state index contributed by atoms with van der Waals surface area (Å²) >= 11 is 0. The monoisotopic (exact) mass is 241 g/mol. The molecule has 0 amide bonds. The molecule has 1 heteroatoms. The zero-order chi connectivity index (χ0) is 12.8. The average Bonchev–Trinajstić information content (AvgIpc) is 2.82. The van der Waals surface area contributed by atoms with Crippen LogP contribution >= 0.6 is 0 Å². The minimum Gasteiger partial charge on any atom is -0.314 e. The van der Waals surface area contributed by atoms with Crippen molar-refractivity contribution in [2.45, 2.75) is 51.5 Å². The Labute approximate surface area is 111 Å². The normalized spacial score (nSPS) is 18.9. The van der Waals surface area contributed by atoms with Gasteiger partial charge in [0, 0.05) is 12.5 Å². The van der Waals surface area contributed by atoms with Gasteiger partial charge in [-0.25, -0.2) is 0 Å². The summed E-state index contributed by atoms with van der Waals surface area (Å²) in [6, 6.07) is 9.50. The maximum atomic E-state index is 3.66. The van der Waals surface area contributed by atoms with Crippen LogP contribution in [0.15, 0.2) is 24.3 Å². The van der Waals surface area contributed by atoms with Gasteiger partial charge in [-0.3, -0.25) is 0 Å². The summed E-state index contributed by atoms with van der Waals surface area (Å²) < 4.78 is 0.